The summed E-state index contributed by atoms with van der Waals surface area (Å²) in [6.45, 7) is 17.8. The Bertz CT molecular complexity index is 291. The second kappa shape index (κ2) is 34.2. The van der Waals surface area contributed by atoms with Gasteiger partial charge in [-0.2, -0.15) is 0 Å². The Hall–Kier alpha value is 0.210. The summed E-state index contributed by atoms with van der Waals surface area (Å²) in [7, 11) is 0. The first-order chi connectivity index (χ1) is 16.7. The van der Waals surface area contributed by atoms with Gasteiger partial charge in [-0.15, -0.1) is 0 Å². The minimum absolute atomic E-state index is 0. The normalized spacial score (nSPS) is 11.1. The van der Waals surface area contributed by atoms with E-state index in [2.05, 4.69) is 34.6 Å². The highest BCUT2D eigenvalue weighted by atomic mass is 35.5. The van der Waals surface area contributed by atoms with Crippen LogP contribution in [-0.2, 0) is 0 Å². The van der Waals surface area contributed by atoms with E-state index in [9.17, 15) is 0 Å². The first kappa shape index (κ1) is 39.7. The fraction of sp³-hybridized carbons (Fsp3) is 1.00. The summed E-state index contributed by atoms with van der Waals surface area (Å²) >= 11 is 0. The van der Waals surface area contributed by atoms with E-state index in [1.807, 2.05) is 0 Å². The maximum Gasteiger partial charge on any atom is 0.0786 e. The highest BCUT2D eigenvalue weighted by Crippen LogP contribution is 2.19. The molecule has 0 saturated heterocycles. The standard InChI is InChI=1S/C24H52N.C8H18O.ClH/c1-5-9-13-17-21-25(22-18-14-10-6-2,23-19-15-11-7-3)24-20-16-12-8-4;1-2-3-4-5-6-7-8-9;/h5-24H2,1-4H3;9H,2-8H2,1H3;1H/q+1;;/p-1. The Morgan fingerprint density at radius 1 is 0.343 bits per heavy atom. The maximum absolute atomic E-state index is 8.42. The first-order valence-corrected chi connectivity index (χ1v) is 16.1. The van der Waals surface area contributed by atoms with Crippen molar-refractivity contribution < 1.29 is 22.0 Å². The van der Waals surface area contributed by atoms with Gasteiger partial charge < -0.3 is 22.0 Å². The minimum Gasteiger partial charge on any atom is -1.00 e. The van der Waals surface area contributed by atoms with Crippen molar-refractivity contribution in [3.8, 4) is 0 Å². The third-order valence-corrected chi connectivity index (χ3v) is 7.46. The van der Waals surface area contributed by atoms with Gasteiger partial charge in [-0.3, -0.25) is 0 Å². The van der Waals surface area contributed by atoms with Crippen LogP contribution in [0.15, 0.2) is 0 Å². The number of hydrogen-bond acceptors (Lipinski definition) is 1. The molecule has 0 fully saturated rings. The smallest absolute Gasteiger partial charge is 0.0786 e. The van der Waals surface area contributed by atoms with Crippen molar-refractivity contribution in [1.29, 1.82) is 0 Å². The second-order valence-corrected chi connectivity index (χ2v) is 11.0. The van der Waals surface area contributed by atoms with Crippen LogP contribution in [-0.4, -0.2) is 42.4 Å². The first-order valence-electron chi connectivity index (χ1n) is 16.1. The van der Waals surface area contributed by atoms with Crippen molar-refractivity contribution in [2.24, 2.45) is 0 Å². The molecule has 0 aliphatic rings. The predicted octanol–water partition coefficient (Wildman–Crippen LogP) is 7.47. The molecule has 0 rings (SSSR count). The molecule has 216 valence electrons. The van der Waals surface area contributed by atoms with Gasteiger partial charge in [0.1, 0.15) is 0 Å². The molecule has 2 nitrogen and oxygen atoms in total. The molecule has 0 aromatic rings. The van der Waals surface area contributed by atoms with Gasteiger partial charge in [0, 0.05) is 6.61 Å². The topological polar surface area (TPSA) is 20.2 Å². The molecule has 0 amide bonds. The molecule has 0 aliphatic heterocycles. The Balaban J connectivity index is -0.000000866. The largest absolute Gasteiger partial charge is 1.00 e. The molecule has 0 aliphatic carbocycles. The Labute approximate surface area is 230 Å². The monoisotopic (exact) mass is 520 g/mol. The van der Waals surface area contributed by atoms with Crippen molar-refractivity contribution in [2.75, 3.05) is 32.8 Å². The van der Waals surface area contributed by atoms with Crippen LogP contribution in [0.5, 0.6) is 0 Å². The van der Waals surface area contributed by atoms with Crippen molar-refractivity contribution in [3.63, 3.8) is 0 Å². The Kier molecular flexibility index (Phi) is 38.8. The van der Waals surface area contributed by atoms with Gasteiger partial charge in [-0.1, -0.05) is 118 Å². The summed E-state index contributed by atoms with van der Waals surface area (Å²) in [4.78, 5) is 0. The quantitative estimate of drug-likeness (QED) is 0.0927. The van der Waals surface area contributed by atoms with Crippen molar-refractivity contribution in [2.45, 2.75) is 176 Å². The van der Waals surface area contributed by atoms with Crippen LogP contribution in [0.4, 0.5) is 0 Å². The van der Waals surface area contributed by atoms with Gasteiger partial charge >= 0.3 is 0 Å². The van der Waals surface area contributed by atoms with Crippen LogP contribution >= 0.6 is 0 Å². The number of aliphatic hydroxyl groups excluding tert-OH is 1. The predicted molar refractivity (Wildman–Crippen MR) is 157 cm³/mol. The highest BCUT2D eigenvalue weighted by molar-refractivity contribution is 4.53. The molecule has 0 radical (unpaired) electrons. The van der Waals surface area contributed by atoms with E-state index in [4.69, 9.17) is 5.11 Å². The van der Waals surface area contributed by atoms with Crippen LogP contribution in [0.2, 0.25) is 0 Å². The molecule has 0 atom stereocenters. The molecule has 0 heterocycles. The SMILES string of the molecule is CCCCCCCCO.CCCCCC[N+](CCCCCC)(CCCCCC)CCCCCC.[Cl-]. The molecule has 0 aromatic carbocycles. The van der Waals surface area contributed by atoms with Crippen molar-refractivity contribution in [3.05, 3.63) is 0 Å². The van der Waals surface area contributed by atoms with E-state index in [0.717, 1.165) is 6.42 Å². The summed E-state index contributed by atoms with van der Waals surface area (Å²) in [5, 5.41) is 8.42. The van der Waals surface area contributed by atoms with Gasteiger partial charge in [-0.25, -0.2) is 0 Å². The molecule has 0 unspecified atom stereocenters. The molecule has 1 N–H and O–H groups in total. The summed E-state index contributed by atoms with van der Waals surface area (Å²) in [5.74, 6) is 0. The van der Waals surface area contributed by atoms with E-state index >= 15 is 0 Å². The zero-order chi connectivity index (χ0) is 25.6. The average molecular weight is 520 g/mol. The lowest BCUT2D eigenvalue weighted by Crippen LogP contribution is -3.00. The van der Waals surface area contributed by atoms with Crippen LogP contribution in [0.3, 0.4) is 0 Å². The number of hydrogen-bond donors (Lipinski definition) is 1. The third kappa shape index (κ3) is 30.3. The molecular formula is C32H70ClNO. The third-order valence-electron chi connectivity index (χ3n) is 7.46. The molecule has 35 heavy (non-hydrogen) atoms. The lowest BCUT2D eigenvalue weighted by molar-refractivity contribution is -0.929. The fourth-order valence-electron chi connectivity index (χ4n) is 5.06. The van der Waals surface area contributed by atoms with Gasteiger partial charge in [0.05, 0.1) is 26.2 Å². The Morgan fingerprint density at radius 3 is 0.829 bits per heavy atom. The van der Waals surface area contributed by atoms with E-state index < -0.39 is 0 Å². The van der Waals surface area contributed by atoms with E-state index in [0.29, 0.717) is 6.61 Å². The number of aliphatic hydroxyl groups is 1. The number of rotatable bonds is 26. The lowest BCUT2D eigenvalue weighted by Gasteiger charge is -2.39. The lowest BCUT2D eigenvalue weighted by atomic mass is 10.1. The van der Waals surface area contributed by atoms with Crippen LogP contribution < -0.4 is 12.4 Å². The van der Waals surface area contributed by atoms with E-state index in [1.54, 1.807) is 0 Å². The molecular weight excluding hydrogens is 450 g/mol. The number of halogens is 1. The zero-order valence-corrected chi connectivity index (χ0v) is 26.1. The van der Waals surface area contributed by atoms with Crippen molar-refractivity contribution in [1.82, 2.24) is 0 Å². The van der Waals surface area contributed by atoms with Crippen LogP contribution in [0.25, 0.3) is 0 Å². The number of quaternary nitrogens is 1. The average Bonchev–Trinajstić information content (AvgIpc) is 2.85. The van der Waals surface area contributed by atoms with Crippen LogP contribution in [0.1, 0.15) is 176 Å². The van der Waals surface area contributed by atoms with Crippen LogP contribution in [0, 0.1) is 0 Å². The fourth-order valence-corrected chi connectivity index (χ4v) is 5.06. The van der Waals surface area contributed by atoms with E-state index in [1.165, 1.54) is 165 Å². The molecule has 0 aromatic heterocycles. The summed E-state index contributed by atoms with van der Waals surface area (Å²) in [6.07, 6.45) is 30.3. The van der Waals surface area contributed by atoms with Crippen molar-refractivity contribution >= 4 is 0 Å². The van der Waals surface area contributed by atoms with Gasteiger partial charge in [-0.05, 0) is 57.8 Å². The number of unbranched alkanes of at least 4 members (excludes halogenated alkanes) is 17. The van der Waals surface area contributed by atoms with E-state index in [-0.39, 0.29) is 12.4 Å². The molecule has 0 saturated carbocycles. The Morgan fingerprint density at radius 2 is 0.571 bits per heavy atom. The van der Waals surface area contributed by atoms with Gasteiger partial charge in [0.15, 0.2) is 0 Å². The zero-order valence-electron chi connectivity index (χ0n) is 25.4. The maximum atomic E-state index is 8.42. The summed E-state index contributed by atoms with van der Waals surface area (Å²) in [5.41, 5.74) is 0. The molecule has 0 spiro atoms. The van der Waals surface area contributed by atoms with Gasteiger partial charge in [0.25, 0.3) is 0 Å². The summed E-state index contributed by atoms with van der Waals surface area (Å²) < 4.78 is 1.46. The minimum atomic E-state index is 0. The summed E-state index contributed by atoms with van der Waals surface area (Å²) in [6, 6.07) is 0. The number of nitrogens with zero attached hydrogens (tertiary/aromatic N) is 1. The highest BCUT2D eigenvalue weighted by Gasteiger charge is 2.25. The molecule has 3 heteroatoms. The second-order valence-electron chi connectivity index (χ2n) is 11.0. The van der Waals surface area contributed by atoms with Gasteiger partial charge in [0.2, 0.25) is 0 Å². The molecule has 0 bridgehead atoms.